The minimum absolute atomic E-state index is 0.326. The largest absolute Gasteiger partial charge is 0.489 e. The molecule has 114 valence electrons. The number of halogens is 2. The van der Waals surface area contributed by atoms with E-state index in [0.717, 1.165) is 11.1 Å². The van der Waals surface area contributed by atoms with Gasteiger partial charge in [-0.3, -0.25) is 10.2 Å². The summed E-state index contributed by atoms with van der Waals surface area (Å²) in [6.07, 6.45) is 2.99. The van der Waals surface area contributed by atoms with Gasteiger partial charge in [0, 0.05) is 21.7 Å². The quantitative estimate of drug-likeness (QED) is 0.379. The molecule has 0 aliphatic heterocycles. The van der Waals surface area contributed by atoms with E-state index in [0.29, 0.717) is 22.4 Å². The second kappa shape index (κ2) is 7.84. The molecule has 0 radical (unpaired) electrons. The van der Waals surface area contributed by atoms with E-state index in [1.165, 1.54) is 6.08 Å². The molecule has 0 fully saturated rings. The summed E-state index contributed by atoms with van der Waals surface area (Å²) in [5.74, 6) is 5.30. The van der Waals surface area contributed by atoms with Crippen molar-refractivity contribution in [1.82, 2.24) is 5.43 Å². The molecule has 0 saturated carbocycles. The maximum atomic E-state index is 11.1. The monoisotopic (exact) mass is 336 g/mol. The average Bonchev–Trinajstić information content (AvgIpc) is 2.52. The van der Waals surface area contributed by atoms with Crippen molar-refractivity contribution in [2.75, 3.05) is 0 Å². The van der Waals surface area contributed by atoms with Crippen molar-refractivity contribution in [1.29, 1.82) is 0 Å². The van der Waals surface area contributed by atoms with Crippen LogP contribution in [0.1, 0.15) is 11.1 Å². The number of hydrogen-bond acceptors (Lipinski definition) is 3. The molecule has 1 amide bonds. The number of rotatable bonds is 5. The fraction of sp³-hybridized carbons (Fsp3) is 0.0625. The number of benzene rings is 2. The predicted octanol–water partition coefficient (Wildman–Crippen LogP) is 3.58. The SMILES string of the molecule is NNC(=O)C=Cc1cccc(OCc2ccc(Cl)cc2Cl)c1. The molecule has 2 rings (SSSR count). The highest BCUT2D eigenvalue weighted by atomic mass is 35.5. The molecule has 0 aliphatic carbocycles. The Bertz CT molecular complexity index is 702. The smallest absolute Gasteiger partial charge is 0.257 e. The Labute approximate surface area is 138 Å². The first-order chi connectivity index (χ1) is 10.6. The van der Waals surface area contributed by atoms with Crippen molar-refractivity contribution < 1.29 is 9.53 Å². The highest BCUT2D eigenvalue weighted by Crippen LogP contribution is 2.23. The Morgan fingerprint density at radius 2 is 2.05 bits per heavy atom. The lowest BCUT2D eigenvalue weighted by Gasteiger charge is -2.08. The van der Waals surface area contributed by atoms with Crippen LogP contribution in [0.15, 0.2) is 48.5 Å². The molecule has 0 unspecified atom stereocenters. The molecule has 0 bridgehead atoms. The van der Waals surface area contributed by atoms with Crippen LogP contribution in [0.25, 0.3) is 6.08 Å². The third kappa shape index (κ3) is 4.77. The van der Waals surface area contributed by atoms with Gasteiger partial charge in [-0.25, -0.2) is 5.84 Å². The number of amides is 1. The van der Waals surface area contributed by atoms with Crippen molar-refractivity contribution in [3.63, 3.8) is 0 Å². The third-order valence-electron chi connectivity index (χ3n) is 2.84. The summed E-state index contributed by atoms with van der Waals surface area (Å²) < 4.78 is 5.70. The summed E-state index contributed by atoms with van der Waals surface area (Å²) in [7, 11) is 0. The van der Waals surface area contributed by atoms with Gasteiger partial charge in [-0.1, -0.05) is 41.4 Å². The van der Waals surface area contributed by atoms with Crippen molar-refractivity contribution in [2.24, 2.45) is 5.84 Å². The number of ether oxygens (including phenoxy) is 1. The van der Waals surface area contributed by atoms with Crippen LogP contribution in [0, 0.1) is 0 Å². The van der Waals surface area contributed by atoms with Crippen LogP contribution in [-0.2, 0) is 11.4 Å². The van der Waals surface area contributed by atoms with Gasteiger partial charge in [-0.05, 0) is 35.9 Å². The molecular formula is C16H14Cl2N2O2. The van der Waals surface area contributed by atoms with Gasteiger partial charge in [0.05, 0.1) is 0 Å². The molecule has 0 spiro atoms. The molecule has 0 atom stereocenters. The van der Waals surface area contributed by atoms with Gasteiger partial charge in [-0.2, -0.15) is 0 Å². The predicted molar refractivity (Wildman–Crippen MR) is 88.6 cm³/mol. The zero-order valence-electron chi connectivity index (χ0n) is 11.6. The van der Waals surface area contributed by atoms with Crippen molar-refractivity contribution in [3.05, 3.63) is 69.7 Å². The number of carbonyl (C=O) groups is 1. The topological polar surface area (TPSA) is 64.3 Å². The van der Waals surface area contributed by atoms with Crippen LogP contribution < -0.4 is 16.0 Å². The maximum Gasteiger partial charge on any atom is 0.257 e. The highest BCUT2D eigenvalue weighted by molar-refractivity contribution is 6.35. The standard InChI is InChI=1S/C16H14Cl2N2O2/c17-13-6-5-12(15(18)9-13)10-22-14-3-1-2-11(8-14)4-7-16(21)20-19/h1-9H,10,19H2,(H,20,21). The van der Waals surface area contributed by atoms with Crippen LogP contribution in [0.2, 0.25) is 10.0 Å². The molecule has 2 aromatic carbocycles. The maximum absolute atomic E-state index is 11.1. The van der Waals surface area contributed by atoms with E-state index in [1.54, 1.807) is 18.2 Å². The van der Waals surface area contributed by atoms with Gasteiger partial charge in [0.2, 0.25) is 0 Å². The molecule has 0 aliphatic rings. The van der Waals surface area contributed by atoms with E-state index < -0.39 is 0 Å². The first kappa shape index (κ1) is 16.4. The van der Waals surface area contributed by atoms with Gasteiger partial charge in [-0.15, -0.1) is 0 Å². The zero-order chi connectivity index (χ0) is 15.9. The molecule has 3 N–H and O–H groups in total. The number of carbonyl (C=O) groups excluding carboxylic acids is 1. The summed E-state index contributed by atoms with van der Waals surface area (Å²) in [5.41, 5.74) is 3.69. The second-order valence-electron chi connectivity index (χ2n) is 4.44. The number of hydrogen-bond donors (Lipinski definition) is 2. The van der Waals surface area contributed by atoms with E-state index in [-0.39, 0.29) is 5.91 Å². The minimum atomic E-state index is -0.376. The fourth-order valence-corrected chi connectivity index (χ4v) is 2.19. The van der Waals surface area contributed by atoms with E-state index in [1.807, 2.05) is 35.8 Å². The normalized spacial score (nSPS) is 10.7. The van der Waals surface area contributed by atoms with Crippen LogP contribution in [0.4, 0.5) is 0 Å². The summed E-state index contributed by atoms with van der Waals surface area (Å²) in [5, 5.41) is 1.14. The number of nitrogens with two attached hydrogens (primary N) is 1. The Morgan fingerprint density at radius 1 is 1.23 bits per heavy atom. The van der Waals surface area contributed by atoms with Crippen molar-refractivity contribution >= 4 is 35.2 Å². The van der Waals surface area contributed by atoms with Crippen LogP contribution in [-0.4, -0.2) is 5.91 Å². The molecule has 22 heavy (non-hydrogen) atoms. The van der Waals surface area contributed by atoms with Gasteiger partial charge in [0.25, 0.3) is 5.91 Å². The van der Waals surface area contributed by atoms with Crippen molar-refractivity contribution in [2.45, 2.75) is 6.61 Å². The van der Waals surface area contributed by atoms with Crippen molar-refractivity contribution in [3.8, 4) is 5.75 Å². The summed E-state index contributed by atoms with van der Waals surface area (Å²) in [6.45, 7) is 0.326. The Kier molecular flexibility index (Phi) is 5.83. The lowest BCUT2D eigenvalue weighted by molar-refractivity contribution is -0.116. The van der Waals surface area contributed by atoms with Crippen LogP contribution in [0.3, 0.4) is 0 Å². The van der Waals surface area contributed by atoms with Crippen LogP contribution in [0.5, 0.6) is 5.75 Å². The zero-order valence-corrected chi connectivity index (χ0v) is 13.1. The first-order valence-corrected chi connectivity index (χ1v) is 7.19. The minimum Gasteiger partial charge on any atom is -0.489 e. The lowest BCUT2D eigenvalue weighted by Crippen LogP contribution is -2.27. The molecule has 2 aromatic rings. The van der Waals surface area contributed by atoms with E-state index in [9.17, 15) is 4.79 Å². The highest BCUT2D eigenvalue weighted by Gasteiger charge is 2.03. The summed E-state index contributed by atoms with van der Waals surface area (Å²) >= 11 is 11.9. The number of hydrazine groups is 1. The second-order valence-corrected chi connectivity index (χ2v) is 5.28. The molecule has 0 aromatic heterocycles. The van der Waals surface area contributed by atoms with E-state index in [2.05, 4.69) is 0 Å². The van der Waals surface area contributed by atoms with Gasteiger partial charge < -0.3 is 4.74 Å². The molecule has 0 heterocycles. The van der Waals surface area contributed by atoms with Gasteiger partial charge in [0.15, 0.2) is 0 Å². The molecule has 4 nitrogen and oxygen atoms in total. The van der Waals surface area contributed by atoms with Gasteiger partial charge >= 0.3 is 0 Å². The fourth-order valence-electron chi connectivity index (χ4n) is 1.73. The van der Waals surface area contributed by atoms with Gasteiger partial charge in [0.1, 0.15) is 12.4 Å². The summed E-state index contributed by atoms with van der Waals surface area (Å²) in [6, 6.07) is 12.6. The number of nitrogens with one attached hydrogen (secondary N) is 1. The lowest BCUT2D eigenvalue weighted by atomic mass is 10.2. The Balaban J connectivity index is 2.04. The third-order valence-corrected chi connectivity index (χ3v) is 3.42. The molecule has 0 saturated heterocycles. The van der Waals surface area contributed by atoms with E-state index >= 15 is 0 Å². The Morgan fingerprint density at radius 3 is 2.77 bits per heavy atom. The van der Waals surface area contributed by atoms with Crippen LogP contribution >= 0.6 is 23.2 Å². The Hall–Kier alpha value is -2.01. The average molecular weight is 337 g/mol. The molecular weight excluding hydrogens is 323 g/mol. The van der Waals surface area contributed by atoms with E-state index in [4.69, 9.17) is 33.8 Å². The molecule has 6 heteroatoms. The summed E-state index contributed by atoms with van der Waals surface area (Å²) in [4.78, 5) is 11.1. The first-order valence-electron chi connectivity index (χ1n) is 6.44.